The summed E-state index contributed by atoms with van der Waals surface area (Å²) in [7, 11) is 1.70. The molecule has 0 aliphatic carbocycles. The van der Waals surface area contributed by atoms with E-state index in [1.807, 2.05) is 0 Å². The minimum Gasteiger partial charge on any atom is -0.385 e. The Kier molecular flexibility index (Phi) is 7.19. The number of nitrogens with zero attached hydrogens (tertiary/aromatic N) is 1. The summed E-state index contributed by atoms with van der Waals surface area (Å²) >= 11 is 0. The first-order valence-electron chi connectivity index (χ1n) is 3.24. The highest BCUT2D eigenvalue weighted by atomic mass is 16.5. The standard InChI is InChI=1S/C6H14N2O/c1-9-6-4-2-3-5-8-7/h7H,2-6H2,1H3. The van der Waals surface area contributed by atoms with Gasteiger partial charge in [0.2, 0.25) is 0 Å². The zero-order valence-electron chi connectivity index (χ0n) is 5.89. The number of hydrogen-bond acceptors (Lipinski definition) is 3. The molecule has 0 radical (unpaired) electrons. The number of ether oxygens (including phenoxy) is 1. The Labute approximate surface area is 55.9 Å². The van der Waals surface area contributed by atoms with Crippen molar-refractivity contribution in [1.29, 1.82) is 5.53 Å². The van der Waals surface area contributed by atoms with Crippen LogP contribution in [-0.4, -0.2) is 20.3 Å². The van der Waals surface area contributed by atoms with Crippen molar-refractivity contribution in [3.05, 3.63) is 0 Å². The molecule has 9 heavy (non-hydrogen) atoms. The van der Waals surface area contributed by atoms with Crippen LogP contribution in [0.2, 0.25) is 0 Å². The second kappa shape index (κ2) is 7.56. The van der Waals surface area contributed by atoms with Gasteiger partial charge in [-0.3, -0.25) is 0 Å². The van der Waals surface area contributed by atoms with Crippen molar-refractivity contribution in [2.24, 2.45) is 5.11 Å². The van der Waals surface area contributed by atoms with E-state index in [9.17, 15) is 0 Å². The summed E-state index contributed by atoms with van der Waals surface area (Å²) in [5.41, 5.74) is 6.48. The zero-order chi connectivity index (χ0) is 6.95. The third kappa shape index (κ3) is 7.56. The SMILES string of the molecule is COCCCCCN=N. The van der Waals surface area contributed by atoms with Crippen molar-refractivity contribution in [2.45, 2.75) is 19.3 Å². The molecule has 3 heteroatoms. The Hall–Kier alpha value is -0.440. The Morgan fingerprint density at radius 3 is 2.67 bits per heavy atom. The van der Waals surface area contributed by atoms with E-state index in [0.29, 0.717) is 6.54 Å². The van der Waals surface area contributed by atoms with Crippen molar-refractivity contribution in [1.82, 2.24) is 0 Å². The Balaban J connectivity index is 2.66. The maximum Gasteiger partial charge on any atom is 0.0596 e. The van der Waals surface area contributed by atoms with Gasteiger partial charge in [-0.2, -0.15) is 5.11 Å². The van der Waals surface area contributed by atoms with E-state index in [1.54, 1.807) is 7.11 Å². The third-order valence-electron chi connectivity index (χ3n) is 1.12. The summed E-state index contributed by atoms with van der Waals surface area (Å²) in [4.78, 5) is 0. The van der Waals surface area contributed by atoms with Crippen LogP contribution in [0.25, 0.3) is 0 Å². The molecule has 0 bridgehead atoms. The molecule has 0 aliphatic heterocycles. The first kappa shape index (κ1) is 8.56. The van der Waals surface area contributed by atoms with Crippen LogP contribution in [0, 0.1) is 5.53 Å². The number of hydrogen-bond donors (Lipinski definition) is 1. The maximum atomic E-state index is 6.48. The van der Waals surface area contributed by atoms with Gasteiger partial charge in [0.05, 0.1) is 6.54 Å². The van der Waals surface area contributed by atoms with Crippen LogP contribution in [0.3, 0.4) is 0 Å². The van der Waals surface area contributed by atoms with Crippen molar-refractivity contribution in [2.75, 3.05) is 20.3 Å². The van der Waals surface area contributed by atoms with Crippen LogP contribution in [0.5, 0.6) is 0 Å². The van der Waals surface area contributed by atoms with Crippen LogP contribution in [0.15, 0.2) is 5.11 Å². The minimum atomic E-state index is 0.670. The second-order valence-corrected chi connectivity index (χ2v) is 1.94. The lowest BCUT2D eigenvalue weighted by Gasteiger charge is -1.95. The van der Waals surface area contributed by atoms with Crippen LogP contribution < -0.4 is 0 Å². The molecule has 3 nitrogen and oxygen atoms in total. The normalized spacial score (nSPS) is 9.44. The number of methoxy groups -OCH3 is 1. The molecule has 0 aromatic heterocycles. The fraction of sp³-hybridized carbons (Fsp3) is 1.00. The van der Waals surface area contributed by atoms with E-state index in [-0.39, 0.29) is 0 Å². The van der Waals surface area contributed by atoms with Crippen LogP contribution in [0.1, 0.15) is 19.3 Å². The lowest BCUT2D eigenvalue weighted by molar-refractivity contribution is 0.192. The fourth-order valence-electron chi connectivity index (χ4n) is 0.614. The second-order valence-electron chi connectivity index (χ2n) is 1.94. The highest BCUT2D eigenvalue weighted by Gasteiger charge is 1.85. The molecular formula is C6H14N2O. The molecule has 0 rings (SSSR count). The fourth-order valence-corrected chi connectivity index (χ4v) is 0.614. The number of unbranched alkanes of at least 4 members (excludes halogenated alkanes) is 2. The Morgan fingerprint density at radius 2 is 2.11 bits per heavy atom. The topological polar surface area (TPSA) is 45.4 Å². The Bertz CT molecular complexity index is 66.1. The smallest absolute Gasteiger partial charge is 0.0596 e. The van der Waals surface area contributed by atoms with E-state index >= 15 is 0 Å². The van der Waals surface area contributed by atoms with Crippen molar-refractivity contribution < 1.29 is 4.74 Å². The zero-order valence-corrected chi connectivity index (χ0v) is 5.89. The maximum absolute atomic E-state index is 6.48. The predicted octanol–water partition coefficient (Wildman–Crippen LogP) is 1.83. The van der Waals surface area contributed by atoms with Gasteiger partial charge in [-0.1, -0.05) is 0 Å². The quantitative estimate of drug-likeness (QED) is 0.432. The van der Waals surface area contributed by atoms with E-state index < -0.39 is 0 Å². The van der Waals surface area contributed by atoms with E-state index in [2.05, 4.69) is 5.11 Å². The molecule has 54 valence electrons. The van der Waals surface area contributed by atoms with Gasteiger partial charge in [0.25, 0.3) is 0 Å². The lowest BCUT2D eigenvalue weighted by atomic mass is 10.2. The number of rotatable bonds is 6. The summed E-state index contributed by atoms with van der Waals surface area (Å²) in [6, 6.07) is 0. The van der Waals surface area contributed by atoms with Crippen LogP contribution in [-0.2, 0) is 4.74 Å². The molecule has 0 amide bonds. The van der Waals surface area contributed by atoms with Gasteiger partial charge >= 0.3 is 0 Å². The summed E-state index contributed by atoms with van der Waals surface area (Å²) < 4.78 is 4.84. The average molecular weight is 130 g/mol. The molecule has 0 saturated heterocycles. The summed E-state index contributed by atoms with van der Waals surface area (Å²) in [6.45, 7) is 1.50. The molecule has 0 atom stereocenters. The molecule has 0 aliphatic rings. The lowest BCUT2D eigenvalue weighted by Crippen LogP contribution is -1.88. The molecule has 0 aromatic carbocycles. The van der Waals surface area contributed by atoms with E-state index in [4.69, 9.17) is 10.3 Å². The summed E-state index contributed by atoms with van der Waals surface area (Å²) in [5.74, 6) is 0. The highest BCUT2D eigenvalue weighted by molar-refractivity contribution is 4.41. The first-order chi connectivity index (χ1) is 4.41. The molecular weight excluding hydrogens is 116 g/mol. The molecule has 0 heterocycles. The summed E-state index contributed by atoms with van der Waals surface area (Å²) in [6.07, 6.45) is 3.23. The Morgan fingerprint density at radius 1 is 1.33 bits per heavy atom. The van der Waals surface area contributed by atoms with E-state index in [1.165, 1.54) is 0 Å². The largest absolute Gasteiger partial charge is 0.385 e. The van der Waals surface area contributed by atoms with Crippen molar-refractivity contribution >= 4 is 0 Å². The molecule has 0 saturated carbocycles. The van der Waals surface area contributed by atoms with Crippen molar-refractivity contribution in [3.8, 4) is 0 Å². The third-order valence-corrected chi connectivity index (χ3v) is 1.12. The van der Waals surface area contributed by atoms with Gasteiger partial charge in [0.15, 0.2) is 0 Å². The van der Waals surface area contributed by atoms with Gasteiger partial charge < -0.3 is 4.74 Å². The summed E-state index contributed by atoms with van der Waals surface area (Å²) in [5, 5.41) is 3.24. The molecule has 1 N–H and O–H groups in total. The van der Waals surface area contributed by atoms with Gasteiger partial charge in [0.1, 0.15) is 0 Å². The van der Waals surface area contributed by atoms with Gasteiger partial charge in [-0.25, -0.2) is 5.53 Å². The van der Waals surface area contributed by atoms with Crippen LogP contribution >= 0.6 is 0 Å². The van der Waals surface area contributed by atoms with Gasteiger partial charge in [-0.15, -0.1) is 0 Å². The first-order valence-corrected chi connectivity index (χ1v) is 3.24. The highest BCUT2D eigenvalue weighted by Crippen LogP contribution is 1.94. The molecule has 0 fully saturated rings. The predicted molar refractivity (Wildman–Crippen MR) is 35.7 cm³/mol. The number of nitrogens with one attached hydrogen (secondary N) is 1. The molecule has 0 unspecified atom stereocenters. The van der Waals surface area contributed by atoms with Gasteiger partial charge in [-0.05, 0) is 19.3 Å². The van der Waals surface area contributed by atoms with Crippen LogP contribution in [0.4, 0.5) is 0 Å². The minimum absolute atomic E-state index is 0.670. The molecule has 0 aromatic rings. The van der Waals surface area contributed by atoms with Gasteiger partial charge in [0, 0.05) is 13.7 Å². The average Bonchev–Trinajstić information content (AvgIpc) is 1.89. The monoisotopic (exact) mass is 130 g/mol. The van der Waals surface area contributed by atoms with E-state index in [0.717, 1.165) is 25.9 Å². The van der Waals surface area contributed by atoms with Crippen molar-refractivity contribution in [3.63, 3.8) is 0 Å². The molecule has 0 spiro atoms.